The van der Waals surface area contributed by atoms with Gasteiger partial charge in [-0.3, -0.25) is 0 Å². The standard InChI is InChI=1S/C11H18N2O5S/c1-6(5-12)13-19(15,16)10-8(3)18-7(2)9(10)11(14)17-4/h6,13H,5,12H2,1-4H3. The second-order valence-electron chi connectivity index (χ2n) is 4.17. The van der Waals surface area contributed by atoms with E-state index in [-0.39, 0.29) is 28.5 Å². The number of aryl methyl sites for hydroxylation is 2. The van der Waals surface area contributed by atoms with Crippen molar-refractivity contribution in [2.45, 2.75) is 31.7 Å². The molecule has 0 aliphatic heterocycles. The normalized spacial score (nSPS) is 13.3. The Bertz CT molecular complexity index is 576. The molecule has 0 aliphatic carbocycles. The van der Waals surface area contributed by atoms with Gasteiger partial charge in [-0.25, -0.2) is 17.9 Å². The van der Waals surface area contributed by atoms with Crippen molar-refractivity contribution < 1.29 is 22.4 Å². The predicted molar refractivity (Wildman–Crippen MR) is 68.4 cm³/mol. The molecule has 1 heterocycles. The SMILES string of the molecule is COC(=O)c1c(C)oc(C)c1S(=O)(=O)NC(C)CN. The maximum Gasteiger partial charge on any atom is 0.342 e. The van der Waals surface area contributed by atoms with Gasteiger partial charge >= 0.3 is 5.97 Å². The summed E-state index contributed by atoms with van der Waals surface area (Å²) in [5, 5.41) is 0. The van der Waals surface area contributed by atoms with Crippen LogP contribution < -0.4 is 10.5 Å². The second-order valence-corrected chi connectivity index (χ2v) is 5.82. The van der Waals surface area contributed by atoms with Crippen molar-refractivity contribution in [3.05, 3.63) is 17.1 Å². The number of nitrogens with one attached hydrogen (secondary N) is 1. The number of rotatable bonds is 5. The number of hydrogen-bond donors (Lipinski definition) is 2. The quantitative estimate of drug-likeness (QED) is 0.755. The lowest BCUT2D eigenvalue weighted by Gasteiger charge is -2.12. The number of esters is 1. The lowest BCUT2D eigenvalue weighted by molar-refractivity contribution is 0.0595. The zero-order chi connectivity index (χ0) is 14.8. The van der Waals surface area contributed by atoms with Gasteiger partial charge in [0, 0.05) is 12.6 Å². The lowest BCUT2D eigenvalue weighted by atomic mass is 10.2. The average Bonchev–Trinajstić information content (AvgIpc) is 2.63. The summed E-state index contributed by atoms with van der Waals surface area (Å²) in [6, 6.07) is -0.454. The highest BCUT2D eigenvalue weighted by Gasteiger charge is 2.32. The third-order valence-electron chi connectivity index (χ3n) is 2.57. The fourth-order valence-electron chi connectivity index (χ4n) is 1.70. The van der Waals surface area contributed by atoms with E-state index in [0.717, 1.165) is 0 Å². The molecule has 19 heavy (non-hydrogen) atoms. The first-order valence-electron chi connectivity index (χ1n) is 5.65. The number of nitrogens with two attached hydrogens (primary N) is 1. The van der Waals surface area contributed by atoms with Gasteiger partial charge in [0.1, 0.15) is 22.0 Å². The summed E-state index contributed by atoms with van der Waals surface area (Å²) in [6.07, 6.45) is 0. The summed E-state index contributed by atoms with van der Waals surface area (Å²) < 4.78 is 36.7. The molecule has 1 aromatic rings. The number of ether oxygens (including phenoxy) is 1. The van der Waals surface area contributed by atoms with Gasteiger partial charge in [0.2, 0.25) is 10.0 Å². The molecule has 1 aromatic heterocycles. The van der Waals surface area contributed by atoms with Crippen LogP contribution in [-0.2, 0) is 14.8 Å². The maximum absolute atomic E-state index is 12.2. The minimum absolute atomic E-state index is 0.0864. The van der Waals surface area contributed by atoms with E-state index in [0.29, 0.717) is 0 Å². The number of methoxy groups -OCH3 is 1. The highest BCUT2D eigenvalue weighted by atomic mass is 32.2. The molecule has 7 nitrogen and oxygen atoms in total. The minimum atomic E-state index is -3.89. The van der Waals surface area contributed by atoms with Crippen molar-refractivity contribution in [2.24, 2.45) is 5.73 Å². The number of carbonyl (C=O) groups excluding carboxylic acids is 1. The molecule has 3 N–H and O–H groups in total. The van der Waals surface area contributed by atoms with Crippen molar-refractivity contribution in [1.29, 1.82) is 0 Å². The Balaban J connectivity index is 3.38. The van der Waals surface area contributed by atoms with Crippen LogP contribution in [0.5, 0.6) is 0 Å². The molecule has 0 aliphatic rings. The summed E-state index contributed by atoms with van der Waals surface area (Å²) in [5.41, 5.74) is 5.30. The van der Waals surface area contributed by atoms with E-state index in [4.69, 9.17) is 10.2 Å². The average molecular weight is 290 g/mol. The summed E-state index contributed by atoms with van der Waals surface area (Å²) in [4.78, 5) is 11.5. The third kappa shape index (κ3) is 3.14. The third-order valence-corrected chi connectivity index (χ3v) is 4.31. The van der Waals surface area contributed by atoms with E-state index < -0.39 is 22.0 Å². The van der Waals surface area contributed by atoms with Gasteiger partial charge in [-0.05, 0) is 20.8 Å². The van der Waals surface area contributed by atoms with Crippen molar-refractivity contribution in [2.75, 3.05) is 13.7 Å². The molecule has 1 rings (SSSR count). The van der Waals surface area contributed by atoms with Crippen LogP contribution in [0.15, 0.2) is 9.31 Å². The van der Waals surface area contributed by atoms with E-state index in [1.165, 1.54) is 21.0 Å². The largest absolute Gasteiger partial charge is 0.465 e. The molecule has 0 radical (unpaired) electrons. The smallest absolute Gasteiger partial charge is 0.342 e. The highest BCUT2D eigenvalue weighted by molar-refractivity contribution is 7.89. The molecular formula is C11H18N2O5S. The van der Waals surface area contributed by atoms with Gasteiger partial charge in [0.25, 0.3) is 0 Å². The highest BCUT2D eigenvalue weighted by Crippen LogP contribution is 2.27. The first kappa shape index (κ1) is 15.7. The van der Waals surface area contributed by atoms with Gasteiger partial charge in [-0.2, -0.15) is 0 Å². The zero-order valence-corrected chi connectivity index (χ0v) is 12.1. The molecule has 0 spiro atoms. The van der Waals surface area contributed by atoms with Crippen molar-refractivity contribution >= 4 is 16.0 Å². The first-order valence-corrected chi connectivity index (χ1v) is 7.13. The van der Waals surface area contributed by atoms with Crippen LogP contribution in [0.2, 0.25) is 0 Å². The molecule has 108 valence electrons. The van der Waals surface area contributed by atoms with Gasteiger partial charge in [0.15, 0.2) is 0 Å². The van der Waals surface area contributed by atoms with Crippen molar-refractivity contribution in [3.63, 3.8) is 0 Å². The molecular weight excluding hydrogens is 272 g/mol. The van der Waals surface area contributed by atoms with Gasteiger partial charge in [-0.1, -0.05) is 0 Å². The Hall–Kier alpha value is -1.38. The molecule has 0 bridgehead atoms. The predicted octanol–water partition coefficient (Wildman–Crippen LogP) is 0.309. The molecule has 0 amide bonds. The summed E-state index contributed by atoms with van der Waals surface area (Å²) in [6.45, 7) is 4.74. The van der Waals surface area contributed by atoms with Crippen LogP contribution in [0.3, 0.4) is 0 Å². The number of hydrogen-bond acceptors (Lipinski definition) is 6. The Labute approximate surface area is 112 Å². The Morgan fingerprint density at radius 3 is 2.47 bits per heavy atom. The van der Waals surface area contributed by atoms with E-state index in [1.54, 1.807) is 6.92 Å². The number of carbonyl (C=O) groups is 1. The van der Waals surface area contributed by atoms with Gasteiger partial charge in [-0.15, -0.1) is 0 Å². The topological polar surface area (TPSA) is 112 Å². The van der Waals surface area contributed by atoms with E-state index in [2.05, 4.69) is 9.46 Å². The fourth-order valence-corrected chi connectivity index (χ4v) is 3.36. The molecule has 1 unspecified atom stereocenters. The van der Waals surface area contributed by atoms with Gasteiger partial charge < -0.3 is 14.9 Å². The molecule has 0 fully saturated rings. The Morgan fingerprint density at radius 1 is 1.42 bits per heavy atom. The number of sulfonamides is 1. The molecule has 0 saturated heterocycles. The maximum atomic E-state index is 12.2. The monoisotopic (exact) mass is 290 g/mol. The van der Waals surface area contributed by atoms with Crippen molar-refractivity contribution in [1.82, 2.24) is 4.72 Å². The molecule has 0 saturated carbocycles. The Morgan fingerprint density at radius 2 is 2.00 bits per heavy atom. The van der Waals surface area contributed by atoms with Crippen LogP contribution in [0, 0.1) is 13.8 Å². The molecule has 0 aromatic carbocycles. The Kier molecular flexibility index (Phi) is 4.72. The molecule has 8 heteroatoms. The van der Waals surface area contributed by atoms with E-state index >= 15 is 0 Å². The zero-order valence-electron chi connectivity index (χ0n) is 11.3. The van der Waals surface area contributed by atoms with E-state index in [1.807, 2.05) is 0 Å². The van der Waals surface area contributed by atoms with Gasteiger partial charge in [0.05, 0.1) is 7.11 Å². The van der Waals surface area contributed by atoms with Crippen LogP contribution in [0.25, 0.3) is 0 Å². The molecule has 1 atom stereocenters. The van der Waals surface area contributed by atoms with Crippen LogP contribution >= 0.6 is 0 Å². The number of furan rings is 1. The van der Waals surface area contributed by atoms with Crippen LogP contribution in [0.1, 0.15) is 28.8 Å². The summed E-state index contributed by atoms with van der Waals surface area (Å²) in [7, 11) is -2.71. The first-order chi connectivity index (χ1) is 8.74. The second kappa shape index (κ2) is 5.72. The van der Waals surface area contributed by atoms with Crippen LogP contribution in [0.4, 0.5) is 0 Å². The van der Waals surface area contributed by atoms with E-state index in [9.17, 15) is 13.2 Å². The lowest BCUT2D eigenvalue weighted by Crippen LogP contribution is -2.38. The van der Waals surface area contributed by atoms with Crippen molar-refractivity contribution in [3.8, 4) is 0 Å². The van der Waals surface area contributed by atoms with Crippen LogP contribution in [-0.4, -0.2) is 34.1 Å². The fraction of sp³-hybridized carbons (Fsp3) is 0.545. The summed E-state index contributed by atoms with van der Waals surface area (Å²) >= 11 is 0. The minimum Gasteiger partial charge on any atom is -0.465 e. The summed E-state index contributed by atoms with van der Waals surface area (Å²) in [5.74, 6) is -0.421.